The second-order valence-corrected chi connectivity index (χ2v) is 5.15. The molecule has 0 saturated carbocycles. The number of carboxylic acids is 1. The molecule has 3 heteroatoms. The normalized spacial score (nSPS) is 12.7. The molecule has 1 atom stereocenters. The van der Waals surface area contributed by atoms with Crippen molar-refractivity contribution in [2.75, 3.05) is 0 Å². The lowest BCUT2D eigenvalue weighted by Crippen LogP contribution is -2.19. The molecule has 0 fully saturated rings. The minimum atomic E-state index is -1.34. The van der Waals surface area contributed by atoms with Crippen LogP contribution in [0.25, 0.3) is 0 Å². The number of Topliss-reactive ketones (excluding diaryl/α,β-unsaturated/α-hetero) is 1. The monoisotopic (exact) mass is 268 g/mol. The molecule has 19 heavy (non-hydrogen) atoms. The predicted molar refractivity (Wildman–Crippen MR) is 78.2 cm³/mol. The van der Waals surface area contributed by atoms with Crippen molar-refractivity contribution in [3.05, 3.63) is 12.2 Å². The molecule has 0 rings (SSSR count). The van der Waals surface area contributed by atoms with Gasteiger partial charge in [0.2, 0.25) is 5.78 Å². The van der Waals surface area contributed by atoms with E-state index in [2.05, 4.69) is 6.92 Å². The van der Waals surface area contributed by atoms with Crippen molar-refractivity contribution in [3.63, 3.8) is 0 Å². The zero-order valence-corrected chi connectivity index (χ0v) is 12.4. The van der Waals surface area contributed by atoms with E-state index in [0.717, 1.165) is 12.8 Å². The first-order valence-electron chi connectivity index (χ1n) is 7.53. The molecule has 0 aliphatic rings. The molecule has 1 unspecified atom stereocenters. The van der Waals surface area contributed by atoms with Crippen molar-refractivity contribution < 1.29 is 14.7 Å². The van der Waals surface area contributed by atoms with Gasteiger partial charge in [0, 0.05) is 5.92 Å². The van der Waals surface area contributed by atoms with Gasteiger partial charge >= 0.3 is 5.97 Å². The van der Waals surface area contributed by atoms with Gasteiger partial charge in [0.05, 0.1) is 0 Å². The van der Waals surface area contributed by atoms with Crippen LogP contribution in [0.3, 0.4) is 0 Å². The first-order chi connectivity index (χ1) is 9.09. The number of rotatable bonds is 12. The van der Waals surface area contributed by atoms with Gasteiger partial charge in [0.15, 0.2) is 0 Å². The number of ketones is 1. The largest absolute Gasteiger partial charge is 0.475 e. The number of carbonyl (C=O) groups excluding carboxylic acids is 1. The highest BCUT2D eigenvalue weighted by Gasteiger charge is 2.16. The Morgan fingerprint density at radius 2 is 1.53 bits per heavy atom. The first kappa shape index (κ1) is 17.9. The third-order valence-corrected chi connectivity index (χ3v) is 3.27. The molecule has 0 aromatic heterocycles. The second-order valence-electron chi connectivity index (χ2n) is 5.15. The van der Waals surface area contributed by atoms with Gasteiger partial charge in [-0.15, -0.1) is 0 Å². The number of allylic oxidation sites excluding steroid dienone is 2. The second kappa shape index (κ2) is 11.9. The van der Waals surface area contributed by atoms with E-state index < -0.39 is 17.7 Å². The third-order valence-electron chi connectivity index (χ3n) is 3.27. The molecule has 0 amide bonds. The molecule has 3 nitrogen and oxygen atoms in total. The highest BCUT2D eigenvalue weighted by Crippen LogP contribution is 2.10. The Hall–Kier alpha value is -1.12. The Kier molecular flexibility index (Phi) is 11.2. The molecule has 0 spiro atoms. The Balaban J connectivity index is 3.43. The van der Waals surface area contributed by atoms with Crippen LogP contribution in [0.1, 0.15) is 71.6 Å². The summed E-state index contributed by atoms with van der Waals surface area (Å²) in [4.78, 5) is 21.5. The molecule has 0 bridgehead atoms. The van der Waals surface area contributed by atoms with Crippen LogP contribution in [0.5, 0.6) is 0 Å². The highest BCUT2D eigenvalue weighted by atomic mass is 16.4. The molecule has 1 N–H and O–H groups in total. The Bertz CT molecular complexity index is 282. The van der Waals surface area contributed by atoms with E-state index in [0.29, 0.717) is 0 Å². The summed E-state index contributed by atoms with van der Waals surface area (Å²) in [5.41, 5.74) is 0. The maximum absolute atomic E-state index is 11.1. The SMILES string of the molecule is CCCCCCCCCC/C=C/C(C)C(=O)C(=O)O. The van der Waals surface area contributed by atoms with E-state index in [-0.39, 0.29) is 0 Å². The summed E-state index contributed by atoms with van der Waals surface area (Å²) < 4.78 is 0. The summed E-state index contributed by atoms with van der Waals surface area (Å²) in [6.45, 7) is 3.85. The fraction of sp³-hybridized carbons (Fsp3) is 0.750. The maximum atomic E-state index is 11.1. The summed E-state index contributed by atoms with van der Waals surface area (Å²) in [7, 11) is 0. The van der Waals surface area contributed by atoms with E-state index in [1.165, 1.54) is 44.9 Å². The molecule has 0 aromatic rings. The van der Waals surface area contributed by atoms with Gasteiger partial charge in [0.1, 0.15) is 0 Å². The Morgan fingerprint density at radius 1 is 1.00 bits per heavy atom. The van der Waals surface area contributed by atoms with Gasteiger partial charge in [-0.05, 0) is 12.8 Å². The van der Waals surface area contributed by atoms with E-state index in [1.54, 1.807) is 13.0 Å². The third kappa shape index (κ3) is 10.5. The quantitative estimate of drug-likeness (QED) is 0.325. The van der Waals surface area contributed by atoms with Crippen LogP contribution in [0.15, 0.2) is 12.2 Å². The van der Waals surface area contributed by atoms with Gasteiger partial charge in [-0.25, -0.2) is 4.79 Å². The van der Waals surface area contributed by atoms with Crippen LogP contribution in [-0.2, 0) is 9.59 Å². The van der Waals surface area contributed by atoms with Crippen LogP contribution in [-0.4, -0.2) is 16.9 Å². The minimum Gasteiger partial charge on any atom is -0.475 e. The standard InChI is InChI=1S/C16H28O3/c1-3-4-5-6-7-8-9-10-11-12-13-14(2)15(17)16(18)19/h12-14H,3-11H2,1-2H3,(H,18,19)/b13-12+. The molecule has 0 saturated heterocycles. The molecule has 0 radical (unpaired) electrons. The summed E-state index contributed by atoms with van der Waals surface area (Å²) in [5, 5.41) is 8.53. The summed E-state index contributed by atoms with van der Waals surface area (Å²) in [6, 6.07) is 0. The number of hydrogen-bond acceptors (Lipinski definition) is 2. The number of aliphatic carboxylic acids is 1. The average molecular weight is 268 g/mol. The first-order valence-corrected chi connectivity index (χ1v) is 7.53. The number of carboxylic acid groups (broad SMARTS) is 1. The summed E-state index contributed by atoms with van der Waals surface area (Å²) in [5.74, 6) is -2.58. The van der Waals surface area contributed by atoms with E-state index in [9.17, 15) is 9.59 Å². The van der Waals surface area contributed by atoms with Crippen LogP contribution in [0.4, 0.5) is 0 Å². The van der Waals surface area contributed by atoms with E-state index in [1.807, 2.05) is 6.08 Å². The smallest absolute Gasteiger partial charge is 0.372 e. The molecular formula is C16H28O3. The van der Waals surface area contributed by atoms with Gasteiger partial charge in [-0.2, -0.15) is 0 Å². The number of hydrogen-bond donors (Lipinski definition) is 1. The van der Waals surface area contributed by atoms with Crippen LogP contribution in [0, 0.1) is 5.92 Å². The molecule has 0 heterocycles. The Labute approximate surface area is 117 Å². The van der Waals surface area contributed by atoms with Crippen LogP contribution < -0.4 is 0 Å². The highest BCUT2D eigenvalue weighted by molar-refractivity contribution is 6.33. The summed E-state index contributed by atoms with van der Waals surface area (Å²) in [6.07, 6.45) is 14.8. The zero-order chi connectivity index (χ0) is 14.5. The van der Waals surface area contributed by atoms with Gasteiger partial charge in [-0.1, -0.05) is 70.9 Å². The number of carbonyl (C=O) groups is 2. The maximum Gasteiger partial charge on any atom is 0.372 e. The van der Waals surface area contributed by atoms with Gasteiger partial charge < -0.3 is 5.11 Å². The van der Waals surface area contributed by atoms with Gasteiger partial charge in [0.25, 0.3) is 0 Å². The zero-order valence-electron chi connectivity index (χ0n) is 12.4. The molecular weight excluding hydrogens is 240 g/mol. The minimum absolute atomic E-state index is 0.508. The lowest BCUT2D eigenvalue weighted by atomic mass is 10.0. The topological polar surface area (TPSA) is 54.4 Å². The van der Waals surface area contributed by atoms with Crippen molar-refractivity contribution in [2.24, 2.45) is 5.92 Å². The molecule has 0 aromatic carbocycles. The van der Waals surface area contributed by atoms with Crippen LogP contribution in [0.2, 0.25) is 0 Å². The lowest BCUT2D eigenvalue weighted by molar-refractivity contribution is -0.150. The van der Waals surface area contributed by atoms with Crippen molar-refractivity contribution in [3.8, 4) is 0 Å². The van der Waals surface area contributed by atoms with Crippen molar-refractivity contribution in [1.82, 2.24) is 0 Å². The van der Waals surface area contributed by atoms with Crippen molar-refractivity contribution in [1.29, 1.82) is 0 Å². The fourth-order valence-corrected chi connectivity index (χ4v) is 1.98. The Morgan fingerprint density at radius 3 is 2.05 bits per heavy atom. The van der Waals surface area contributed by atoms with Crippen molar-refractivity contribution in [2.45, 2.75) is 71.6 Å². The predicted octanol–water partition coefficient (Wildman–Crippen LogP) is 4.36. The number of unbranched alkanes of at least 4 members (excludes halogenated alkanes) is 8. The fourth-order valence-electron chi connectivity index (χ4n) is 1.98. The average Bonchev–Trinajstić information content (AvgIpc) is 2.39. The van der Waals surface area contributed by atoms with Crippen LogP contribution >= 0.6 is 0 Å². The molecule has 0 aliphatic heterocycles. The molecule has 110 valence electrons. The van der Waals surface area contributed by atoms with Gasteiger partial charge in [-0.3, -0.25) is 4.79 Å². The summed E-state index contributed by atoms with van der Waals surface area (Å²) >= 11 is 0. The van der Waals surface area contributed by atoms with Crippen molar-refractivity contribution >= 4 is 11.8 Å². The van der Waals surface area contributed by atoms with E-state index in [4.69, 9.17) is 5.11 Å². The lowest BCUT2D eigenvalue weighted by Gasteiger charge is -2.01. The van der Waals surface area contributed by atoms with E-state index >= 15 is 0 Å². The molecule has 0 aliphatic carbocycles.